The number of thiazole rings is 1. The van der Waals surface area contributed by atoms with Gasteiger partial charge in [0.05, 0.1) is 13.3 Å². The quantitative estimate of drug-likeness (QED) is 0.881. The second-order valence-electron chi connectivity index (χ2n) is 2.80. The van der Waals surface area contributed by atoms with Crippen LogP contribution in [0.25, 0.3) is 10.6 Å². The molecule has 0 bridgehead atoms. The van der Waals surface area contributed by atoms with E-state index in [2.05, 4.69) is 4.98 Å². The van der Waals surface area contributed by atoms with Gasteiger partial charge in [-0.15, -0.1) is 12.4 Å². The van der Waals surface area contributed by atoms with Gasteiger partial charge in [0, 0.05) is 5.56 Å². The number of rotatable bonds is 2. The Kier molecular flexibility index (Phi) is 3.94. The monoisotopic (exact) mass is 242 g/mol. The highest BCUT2D eigenvalue weighted by atomic mass is 35.5. The molecule has 1 heterocycles. The number of halogens is 1. The number of methoxy groups -OCH3 is 1. The molecule has 80 valence electrons. The minimum atomic E-state index is 0. The van der Waals surface area contributed by atoms with E-state index < -0.39 is 0 Å². The fourth-order valence-electron chi connectivity index (χ4n) is 1.18. The van der Waals surface area contributed by atoms with Crippen LogP contribution in [0.15, 0.2) is 30.5 Å². The number of anilines is 1. The normalized spacial score (nSPS) is 9.40. The fourth-order valence-corrected chi connectivity index (χ4v) is 1.86. The molecule has 0 radical (unpaired) electrons. The van der Waals surface area contributed by atoms with Gasteiger partial charge in [-0.25, -0.2) is 4.98 Å². The Morgan fingerprint density at radius 1 is 1.40 bits per heavy atom. The first kappa shape index (κ1) is 11.8. The molecule has 2 N–H and O–H groups in total. The Morgan fingerprint density at radius 3 is 2.80 bits per heavy atom. The Hall–Kier alpha value is -1.26. The maximum atomic E-state index is 5.61. The van der Waals surface area contributed by atoms with Crippen molar-refractivity contribution in [2.75, 3.05) is 12.8 Å². The molecule has 0 unspecified atom stereocenters. The van der Waals surface area contributed by atoms with E-state index in [1.165, 1.54) is 11.3 Å². The van der Waals surface area contributed by atoms with Gasteiger partial charge in [-0.2, -0.15) is 0 Å². The van der Waals surface area contributed by atoms with Gasteiger partial charge in [-0.3, -0.25) is 0 Å². The van der Waals surface area contributed by atoms with E-state index in [1.807, 2.05) is 24.3 Å². The van der Waals surface area contributed by atoms with Crippen LogP contribution in [0.4, 0.5) is 5.00 Å². The molecule has 15 heavy (non-hydrogen) atoms. The van der Waals surface area contributed by atoms with E-state index in [1.54, 1.807) is 13.3 Å². The lowest BCUT2D eigenvalue weighted by atomic mass is 10.2. The summed E-state index contributed by atoms with van der Waals surface area (Å²) in [6.45, 7) is 0. The summed E-state index contributed by atoms with van der Waals surface area (Å²) in [6.07, 6.45) is 1.67. The molecule has 0 aliphatic rings. The topological polar surface area (TPSA) is 48.1 Å². The summed E-state index contributed by atoms with van der Waals surface area (Å²) in [6, 6.07) is 7.77. The second-order valence-corrected chi connectivity index (χ2v) is 3.86. The first-order valence-electron chi connectivity index (χ1n) is 4.15. The highest BCUT2D eigenvalue weighted by Gasteiger charge is 2.03. The molecule has 0 saturated heterocycles. The van der Waals surface area contributed by atoms with E-state index in [0.29, 0.717) is 0 Å². The molecule has 0 spiro atoms. The largest absolute Gasteiger partial charge is 0.497 e. The summed E-state index contributed by atoms with van der Waals surface area (Å²) in [5.41, 5.74) is 6.64. The predicted octanol–water partition coefficient (Wildman–Crippen LogP) is 2.82. The molecule has 0 amide bonds. The first-order chi connectivity index (χ1) is 6.79. The third-order valence-corrected chi connectivity index (χ3v) is 2.72. The summed E-state index contributed by atoms with van der Waals surface area (Å²) in [7, 11) is 1.65. The molecule has 0 saturated carbocycles. The summed E-state index contributed by atoms with van der Waals surface area (Å²) < 4.78 is 5.13. The van der Waals surface area contributed by atoms with Crippen LogP contribution in [0, 0.1) is 0 Å². The van der Waals surface area contributed by atoms with Crippen molar-refractivity contribution in [3.8, 4) is 16.3 Å². The van der Waals surface area contributed by atoms with Crippen LogP contribution in [0.5, 0.6) is 5.75 Å². The van der Waals surface area contributed by atoms with Gasteiger partial charge >= 0.3 is 0 Å². The maximum absolute atomic E-state index is 5.61. The molecule has 2 aromatic rings. The van der Waals surface area contributed by atoms with Crippen molar-refractivity contribution in [1.29, 1.82) is 0 Å². The van der Waals surface area contributed by atoms with Crippen molar-refractivity contribution in [2.24, 2.45) is 0 Å². The van der Waals surface area contributed by atoms with Gasteiger partial charge in [0.1, 0.15) is 15.8 Å². The highest BCUT2D eigenvalue weighted by Crippen LogP contribution is 2.28. The van der Waals surface area contributed by atoms with Gasteiger partial charge < -0.3 is 10.5 Å². The average molecular weight is 243 g/mol. The Morgan fingerprint density at radius 2 is 2.20 bits per heavy atom. The molecule has 0 fully saturated rings. The van der Waals surface area contributed by atoms with Crippen LogP contribution in [0.1, 0.15) is 0 Å². The standard InChI is InChI=1S/C10H10N2OS.ClH/c1-13-8-4-2-3-7(5-8)10-12-6-9(11)14-10;/h2-6H,11H2,1H3;1H. The minimum absolute atomic E-state index is 0. The zero-order valence-electron chi connectivity index (χ0n) is 8.14. The van der Waals surface area contributed by atoms with Crippen molar-refractivity contribution >= 4 is 28.7 Å². The zero-order valence-corrected chi connectivity index (χ0v) is 9.77. The SMILES string of the molecule is COc1cccc(-c2ncc(N)s2)c1.Cl. The lowest BCUT2D eigenvalue weighted by molar-refractivity contribution is 0.415. The molecule has 0 aliphatic carbocycles. The number of nitrogens with two attached hydrogens (primary N) is 1. The number of hydrogen-bond donors (Lipinski definition) is 1. The third kappa shape index (κ3) is 2.61. The van der Waals surface area contributed by atoms with Crippen molar-refractivity contribution in [1.82, 2.24) is 4.98 Å². The zero-order chi connectivity index (χ0) is 9.97. The van der Waals surface area contributed by atoms with Crippen LogP contribution in [-0.4, -0.2) is 12.1 Å². The van der Waals surface area contributed by atoms with E-state index in [4.69, 9.17) is 10.5 Å². The third-order valence-electron chi connectivity index (χ3n) is 1.84. The molecule has 1 aromatic heterocycles. The lowest BCUT2D eigenvalue weighted by Crippen LogP contribution is -1.82. The molecule has 3 nitrogen and oxygen atoms in total. The molecule has 0 atom stereocenters. The number of hydrogen-bond acceptors (Lipinski definition) is 4. The Bertz CT molecular complexity index is 444. The molecule has 2 rings (SSSR count). The summed E-state index contributed by atoms with van der Waals surface area (Å²) in [5.74, 6) is 0.830. The van der Waals surface area contributed by atoms with Crippen LogP contribution in [-0.2, 0) is 0 Å². The van der Waals surface area contributed by atoms with Gasteiger partial charge in [-0.05, 0) is 12.1 Å². The molecule has 5 heteroatoms. The van der Waals surface area contributed by atoms with E-state index in [-0.39, 0.29) is 12.4 Å². The Labute approximate surface area is 98.3 Å². The molecular weight excluding hydrogens is 232 g/mol. The number of nitrogens with zero attached hydrogens (tertiary/aromatic N) is 1. The van der Waals surface area contributed by atoms with Crippen molar-refractivity contribution in [3.63, 3.8) is 0 Å². The molecule has 0 aliphatic heterocycles. The van der Waals surface area contributed by atoms with Crippen LogP contribution in [0.3, 0.4) is 0 Å². The fraction of sp³-hybridized carbons (Fsp3) is 0.100. The summed E-state index contributed by atoms with van der Waals surface area (Å²) >= 11 is 1.47. The van der Waals surface area contributed by atoms with Crippen LogP contribution < -0.4 is 10.5 Å². The first-order valence-corrected chi connectivity index (χ1v) is 4.97. The van der Waals surface area contributed by atoms with Gasteiger partial charge in [0.25, 0.3) is 0 Å². The van der Waals surface area contributed by atoms with E-state index in [9.17, 15) is 0 Å². The maximum Gasteiger partial charge on any atom is 0.125 e. The van der Waals surface area contributed by atoms with Crippen LogP contribution >= 0.6 is 23.7 Å². The summed E-state index contributed by atoms with van der Waals surface area (Å²) in [5, 5.41) is 1.64. The minimum Gasteiger partial charge on any atom is -0.497 e. The highest BCUT2D eigenvalue weighted by molar-refractivity contribution is 7.18. The van der Waals surface area contributed by atoms with E-state index in [0.717, 1.165) is 21.3 Å². The number of benzene rings is 1. The van der Waals surface area contributed by atoms with Gasteiger partial charge in [0.15, 0.2) is 0 Å². The second kappa shape index (κ2) is 5.00. The molecule has 1 aromatic carbocycles. The lowest BCUT2D eigenvalue weighted by Gasteiger charge is -2.00. The average Bonchev–Trinajstić information content (AvgIpc) is 2.65. The predicted molar refractivity (Wildman–Crippen MR) is 65.8 cm³/mol. The number of ether oxygens (including phenoxy) is 1. The number of aromatic nitrogens is 1. The van der Waals surface area contributed by atoms with Crippen molar-refractivity contribution < 1.29 is 4.74 Å². The Balaban J connectivity index is 0.00000112. The smallest absolute Gasteiger partial charge is 0.125 e. The summed E-state index contributed by atoms with van der Waals surface area (Å²) in [4.78, 5) is 4.20. The van der Waals surface area contributed by atoms with E-state index >= 15 is 0 Å². The molecular formula is C10H11ClN2OS. The van der Waals surface area contributed by atoms with Gasteiger partial charge in [0.2, 0.25) is 0 Å². The number of nitrogen functional groups attached to an aromatic ring is 1. The van der Waals surface area contributed by atoms with Crippen molar-refractivity contribution in [2.45, 2.75) is 0 Å². The van der Waals surface area contributed by atoms with Crippen molar-refractivity contribution in [3.05, 3.63) is 30.5 Å². The van der Waals surface area contributed by atoms with Crippen LogP contribution in [0.2, 0.25) is 0 Å². The van der Waals surface area contributed by atoms with Gasteiger partial charge in [-0.1, -0.05) is 23.5 Å².